The number of carbonyl (C=O) groups is 1. The quantitative estimate of drug-likeness (QED) is 0.728. The summed E-state index contributed by atoms with van der Waals surface area (Å²) in [7, 11) is 2.07. The lowest BCUT2D eigenvalue weighted by atomic mass is 9.83. The van der Waals surface area contributed by atoms with E-state index in [0.29, 0.717) is 11.6 Å². The minimum absolute atomic E-state index is 0.172. The Kier molecular flexibility index (Phi) is 2.14. The van der Waals surface area contributed by atoms with Crippen LogP contribution in [-0.4, -0.2) is 34.6 Å². The van der Waals surface area contributed by atoms with Crippen molar-refractivity contribution < 1.29 is 9.90 Å². The van der Waals surface area contributed by atoms with Gasteiger partial charge in [0.1, 0.15) is 0 Å². The zero-order chi connectivity index (χ0) is 10.3. The lowest BCUT2D eigenvalue weighted by Gasteiger charge is -2.41. The fraction of sp³-hybridized carbons (Fsp3) is 0.727. The number of hydrogen-bond acceptors (Lipinski definition) is 2. The van der Waals surface area contributed by atoms with Gasteiger partial charge in [-0.3, -0.25) is 4.90 Å². The Morgan fingerprint density at radius 1 is 1.79 bits per heavy atom. The molecule has 2 rings (SSSR count). The number of likely N-dealkylation sites (N-methyl/N-ethyl adjacent to an activating group) is 1. The Morgan fingerprint density at radius 3 is 3.07 bits per heavy atom. The van der Waals surface area contributed by atoms with Gasteiger partial charge in [0.25, 0.3) is 0 Å². The van der Waals surface area contributed by atoms with Crippen LogP contribution in [0.25, 0.3) is 0 Å². The molecule has 2 bridgehead atoms. The Balaban J connectivity index is 2.43. The molecule has 0 saturated carbocycles. The smallest absolute Gasteiger partial charge is 0.333 e. The van der Waals surface area contributed by atoms with Gasteiger partial charge in [0.2, 0.25) is 0 Å². The molecular formula is C11H17NO2. The fourth-order valence-corrected chi connectivity index (χ4v) is 3.07. The summed E-state index contributed by atoms with van der Waals surface area (Å²) >= 11 is 0. The van der Waals surface area contributed by atoms with E-state index >= 15 is 0 Å². The van der Waals surface area contributed by atoms with E-state index < -0.39 is 5.97 Å². The van der Waals surface area contributed by atoms with Gasteiger partial charge in [-0.2, -0.15) is 0 Å². The third kappa shape index (κ3) is 1.05. The lowest BCUT2D eigenvalue weighted by Crippen LogP contribution is -2.49. The van der Waals surface area contributed by atoms with Crippen LogP contribution >= 0.6 is 0 Å². The molecule has 2 aliphatic rings. The molecule has 1 N–H and O–H groups in total. The highest BCUT2D eigenvalue weighted by Crippen LogP contribution is 2.45. The van der Waals surface area contributed by atoms with Crippen LogP contribution in [0.1, 0.15) is 32.6 Å². The van der Waals surface area contributed by atoms with Crippen molar-refractivity contribution in [3.05, 3.63) is 11.6 Å². The zero-order valence-corrected chi connectivity index (χ0v) is 8.79. The van der Waals surface area contributed by atoms with Gasteiger partial charge in [-0.25, -0.2) is 4.79 Å². The van der Waals surface area contributed by atoms with Crippen molar-refractivity contribution in [1.82, 2.24) is 4.90 Å². The highest BCUT2D eigenvalue weighted by molar-refractivity contribution is 5.89. The van der Waals surface area contributed by atoms with Crippen LogP contribution in [0.4, 0.5) is 0 Å². The summed E-state index contributed by atoms with van der Waals surface area (Å²) in [6.07, 6.45) is 5.88. The SMILES string of the molecule is CCC12CCC(CC=C1C(=O)O)N2C. The van der Waals surface area contributed by atoms with E-state index in [1.165, 1.54) is 0 Å². The summed E-state index contributed by atoms with van der Waals surface area (Å²) in [6.45, 7) is 2.08. The Hall–Kier alpha value is -0.830. The minimum Gasteiger partial charge on any atom is -0.478 e. The van der Waals surface area contributed by atoms with Gasteiger partial charge in [0.05, 0.1) is 11.1 Å². The fourth-order valence-electron chi connectivity index (χ4n) is 3.07. The van der Waals surface area contributed by atoms with Gasteiger partial charge in [0.15, 0.2) is 0 Å². The molecule has 1 saturated heterocycles. The van der Waals surface area contributed by atoms with Gasteiger partial charge in [0, 0.05) is 6.04 Å². The Morgan fingerprint density at radius 2 is 2.50 bits per heavy atom. The summed E-state index contributed by atoms with van der Waals surface area (Å²) in [5, 5.41) is 9.18. The van der Waals surface area contributed by atoms with Gasteiger partial charge in [-0.15, -0.1) is 0 Å². The molecular weight excluding hydrogens is 178 g/mol. The number of aliphatic carboxylic acids is 1. The van der Waals surface area contributed by atoms with Crippen molar-refractivity contribution in [2.75, 3.05) is 7.05 Å². The standard InChI is InChI=1S/C11H17NO2/c1-3-11-7-6-8(12(11)2)4-5-9(11)10(13)14/h5,8H,3-4,6-7H2,1-2H3,(H,13,14). The number of fused-ring (bicyclic) bond motifs is 2. The molecule has 3 heteroatoms. The maximum atomic E-state index is 11.2. The second-order valence-electron chi connectivity index (χ2n) is 4.35. The summed E-state index contributed by atoms with van der Waals surface area (Å²) in [5.41, 5.74) is 0.450. The van der Waals surface area contributed by atoms with Crippen molar-refractivity contribution in [3.8, 4) is 0 Å². The molecule has 0 aliphatic carbocycles. The average Bonchev–Trinajstić information content (AvgIpc) is 2.37. The zero-order valence-electron chi connectivity index (χ0n) is 8.79. The van der Waals surface area contributed by atoms with Gasteiger partial charge < -0.3 is 5.11 Å². The largest absolute Gasteiger partial charge is 0.478 e. The molecule has 0 aromatic rings. The minimum atomic E-state index is -0.737. The van der Waals surface area contributed by atoms with Crippen LogP contribution in [0.15, 0.2) is 11.6 Å². The van der Waals surface area contributed by atoms with Crippen LogP contribution < -0.4 is 0 Å². The van der Waals surface area contributed by atoms with Crippen molar-refractivity contribution >= 4 is 5.97 Å². The van der Waals surface area contributed by atoms with E-state index in [1.807, 2.05) is 6.08 Å². The first kappa shape index (κ1) is 9.71. The summed E-state index contributed by atoms with van der Waals surface area (Å²) in [5.74, 6) is -0.737. The van der Waals surface area contributed by atoms with Crippen LogP contribution in [-0.2, 0) is 4.79 Å². The predicted octanol–water partition coefficient (Wildman–Crippen LogP) is 1.64. The van der Waals surface area contributed by atoms with Crippen molar-refractivity contribution in [2.45, 2.75) is 44.2 Å². The molecule has 1 fully saturated rings. The van der Waals surface area contributed by atoms with Gasteiger partial charge in [-0.05, 0) is 32.7 Å². The molecule has 3 nitrogen and oxygen atoms in total. The normalized spacial score (nSPS) is 37.0. The molecule has 2 aliphatic heterocycles. The first-order chi connectivity index (χ1) is 6.62. The molecule has 14 heavy (non-hydrogen) atoms. The second kappa shape index (κ2) is 3.09. The predicted molar refractivity (Wildman–Crippen MR) is 54.1 cm³/mol. The van der Waals surface area contributed by atoms with E-state index in [1.54, 1.807) is 0 Å². The lowest BCUT2D eigenvalue weighted by molar-refractivity contribution is -0.134. The Bertz CT molecular complexity index is 298. The van der Waals surface area contributed by atoms with Crippen molar-refractivity contribution in [2.24, 2.45) is 0 Å². The molecule has 2 unspecified atom stereocenters. The maximum absolute atomic E-state index is 11.2. The number of nitrogens with zero attached hydrogens (tertiary/aromatic N) is 1. The molecule has 0 aromatic carbocycles. The molecule has 2 heterocycles. The van der Waals surface area contributed by atoms with Crippen molar-refractivity contribution in [1.29, 1.82) is 0 Å². The second-order valence-corrected chi connectivity index (χ2v) is 4.35. The van der Waals surface area contributed by atoms with E-state index in [0.717, 1.165) is 25.7 Å². The third-order valence-electron chi connectivity index (χ3n) is 4.02. The summed E-state index contributed by atoms with van der Waals surface area (Å²) in [4.78, 5) is 13.4. The molecule has 78 valence electrons. The first-order valence-corrected chi connectivity index (χ1v) is 5.28. The highest BCUT2D eigenvalue weighted by Gasteiger charge is 2.49. The summed E-state index contributed by atoms with van der Waals surface area (Å²) < 4.78 is 0. The van der Waals surface area contributed by atoms with E-state index in [-0.39, 0.29) is 5.54 Å². The average molecular weight is 195 g/mol. The van der Waals surface area contributed by atoms with E-state index in [2.05, 4.69) is 18.9 Å². The number of hydrogen-bond donors (Lipinski definition) is 1. The monoisotopic (exact) mass is 195 g/mol. The van der Waals surface area contributed by atoms with Crippen LogP contribution in [0, 0.1) is 0 Å². The molecule has 0 amide bonds. The third-order valence-corrected chi connectivity index (χ3v) is 4.02. The molecule has 0 aromatic heterocycles. The van der Waals surface area contributed by atoms with Crippen LogP contribution in [0.3, 0.4) is 0 Å². The van der Waals surface area contributed by atoms with Crippen molar-refractivity contribution in [3.63, 3.8) is 0 Å². The number of rotatable bonds is 2. The van der Waals surface area contributed by atoms with Gasteiger partial charge in [-0.1, -0.05) is 13.0 Å². The topological polar surface area (TPSA) is 40.5 Å². The van der Waals surface area contributed by atoms with E-state index in [4.69, 9.17) is 0 Å². The molecule has 0 radical (unpaired) electrons. The highest BCUT2D eigenvalue weighted by atomic mass is 16.4. The Labute approximate surface area is 84.4 Å². The summed E-state index contributed by atoms with van der Waals surface area (Å²) in [6, 6.07) is 0.568. The van der Waals surface area contributed by atoms with Crippen LogP contribution in [0.5, 0.6) is 0 Å². The number of carboxylic acid groups (broad SMARTS) is 1. The first-order valence-electron chi connectivity index (χ1n) is 5.28. The van der Waals surface area contributed by atoms with Gasteiger partial charge >= 0.3 is 5.97 Å². The maximum Gasteiger partial charge on any atom is 0.333 e. The van der Waals surface area contributed by atoms with E-state index in [9.17, 15) is 9.90 Å². The number of carboxylic acids is 1. The molecule has 0 spiro atoms. The molecule has 2 atom stereocenters. The van der Waals surface area contributed by atoms with Crippen LogP contribution in [0.2, 0.25) is 0 Å².